The summed E-state index contributed by atoms with van der Waals surface area (Å²) in [6, 6.07) is 11.1. The number of nitrogens with one attached hydrogen (secondary N) is 1. The van der Waals surface area contributed by atoms with Crippen molar-refractivity contribution in [1.82, 2.24) is 29.4 Å². The summed E-state index contributed by atoms with van der Waals surface area (Å²) in [5.41, 5.74) is 0.754. The van der Waals surface area contributed by atoms with E-state index in [0.29, 0.717) is 18.8 Å². The van der Waals surface area contributed by atoms with E-state index in [1.54, 1.807) is 42.6 Å². The van der Waals surface area contributed by atoms with Crippen LogP contribution >= 0.6 is 0 Å². The standard InChI is InChI=1S/C20H22N6O3S/c27-20(23-13-16-7-6-11-22-19(16)25-15-21-14-24-25)18-10-4-5-12-26(18)30(28,29)17-8-2-1-3-9-17/h1-3,6-9,11,14-15,18H,4-5,10,12-13H2,(H,23,27)/t18-/m0/s1. The van der Waals surface area contributed by atoms with Gasteiger partial charge in [0.05, 0.1) is 4.90 Å². The molecule has 4 rings (SSSR count). The third-order valence-electron chi connectivity index (χ3n) is 5.06. The van der Waals surface area contributed by atoms with Crippen LogP contribution < -0.4 is 5.32 Å². The van der Waals surface area contributed by atoms with Crippen molar-refractivity contribution in [2.24, 2.45) is 0 Å². The Morgan fingerprint density at radius 2 is 1.97 bits per heavy atom. The predicted molar refractivity (Wildman–Crippen MR) is 109 cm³/mol. The predicted octanol–water partition coefficient (Wildman–Crippen LogP) is 1.52. The monoisotopic (exact) mass is 426 g/mol. The fraction of sp³-hybridized carbons (Fsp3) is 0.300. The number of aromatic nitrogens is 4. The van der Waals surface area contributed by atoms with E-state index in [1.165, 1.54) is 21.6 Å². The lowest BCUT2D eigenvalue weighted by Crippen LogP contribution is -2.51. The van der Waals surface area contributed by atoms with Gasteiger partial charge in [-0.15, -0.1) is 0 Å². The SMILES string of the molecule is O=C(NCc1cccnc1-n1cncn1)[C@@H]1CCCCN1S(=O)(=O)c1ccccc1. The molecule has 9 nitrogen and oxygen atoms in total. The maximum Gasteiger partial charge on any atom is 0.243 e. The molecule has 0 spiro atoms. The molecule has 1 fully saturated rings. The minimum absolute atomic E-state index is 0.199. The molecule has 3 aromatic rings. The molecule has 1 atom stereocenters. The first-order valence-electron chi connectivity index (χ1n) is 9.71. The molecule has 2 aromatic heterocycles. The van der Waals surface area contributed by atoms with Gasteiger partial charge in [0.15, 0.2) is 5.82 Å². The molecule has 0 aliphatic carbocycles. The molecule has 1 aliphatic rings. The highest BCUT2D eigenvalue weighted by atomic mass is 32.2. The zero-order chi connectivity index (χ0) is 21.0. The van der Waals surface area contributed by atoms with E-state index in [4.69, 9.17) is 0 Å². The highest BCUT2D eigenvalue weighted by molar-refractivity contribution is 7.89. The maximum absolute atomic E-state index is 13.1. The lowest BCUT2D eigenvalue weighted by Gasteiger charge is -2.33. The zero-order valence-corrected chi connectivity index (χ0v) is 17.1. The van der Waals surface area contributed by atoms with Gasteiger partial charge < -0.3 is 5.32 Å². The summed E-state index contributed by atoms with van der Waals surface area (Å²) >= 11 is 0. The van der Waals surface area contributed by atoms with Crippen molar-refractivity contribution in [3.63, 3.8) is 0 Å². The van der Waals surface area contributed by atoms with Crippen LogP contribution in [0.3, 0.4) is 0 Å². The van der Waals surface area contributed by atoms with Crippen LogP contribution in [-0.2, 0) is 21.4 Å². The van der Waals surface area contributed by atoms with Crippen LogP contribution in [0.5, 0.6) is 0 Å². The van der Waals surface area contributed by atoms with Gasteiger partial charge in [0.1, 0.15) is 18.7 Å². The zero-order valence-electron chi connectivity index (χ0n) is 16.3. The van der Waals surface area contributed by atoms with Crippen molar-refractivity contribution >= 4 is 15.9 Å². The molecule has 0 unspecified atom stereocenters. The third-order valence-corrected chi connectivity index (χ3v) is 6.98. The van der Waals surface area contributed by atoms with Crippen LogP contribution in [0.4, 0.5) is 0 Å². The minimum Gasteiger partial charge on any atom is -0.350 e. The highest BCUT2D eigenvalue weighted by Gasteiger charge is 2.37. The molecule has 0 saturated carbocycles. The number of rotatable bonds is 6. The van der Waals surface area contributed by atoms with E-state index < -0.39 is 16.1 Å². The molecule has 156 valence electrons. The van der Waals surface area contributed by atoms with Gasteiger partial charge in [0, 0.05) is 24.8 Å². The van der Waals surface area contributed by atoms with Crippen LogP contribution in [0.1, 0.15) is 24.8 Å². The molecule has 10 heteroatoms. The number of amides is 1. The summed E-state index contributed by atoms with van der Waals surface area (Å²) in [4.78, 5) is 21.4. The van der Waals surface area contributed by atoms with E-state index in [1.807, 2.05) is 6.07 Å². The Bertz CT molecular complexity index is 1100. The van der Waals surface area contributed by atoms with E-state index in [2.05, 4.69) is 20.4 Å². The minimum atomic E-state index is -3.75. The average Bonchev–Trinajstić information content (AvgIpc) is 3.33. The molecule has 30 heavy (non-hydrogen) atoms. The van der Waals surface area contributed by atoms with Gasteiger partial charge in [-0.2, -0.15) is 9.40 Å². The highest BCUT2D eigenvalue weighted by Crippen LogP contribution is 2.25. The summed E-state index contributed by atoms with van der Waals surface area (Å²) in [5.74, 6) is 0.246. The number of sulfonamides is 1. The van der Waals surface area contributed by atoms with Gasteiger partial charge in [-0.3, -0.25) is 4.79 Å². The molecule has 1 aliphatic heterocycles. The number of carbonyl (C=O) groups is 1. The van der Waals surface area contributed by atoms with Gasteiger partial charge in [-0.05, 0) is 31.0 Å². The van der Waals surface area contributed by atoms with E-state index in [9.17, 15) is 13.2 Å². The van der Waals surface area contributed by atoms with Crippen LogP contribution in [0.15, 0.2) is 66.2 Å². The molecule has 3 heterocycles. The van der Waals surface area contributed by atoms with Crippen LogP contribution in [-0.4, -0.2) is 51.0 Å². The summed E-state index contributed by atoms with van der Waals surface area (Å²) in [6.07, 6.45) is 6.59. The molecular formula is C20H22N6O3S. The Kier molecular flexibility index (Phi) is 5.86. The molecular weight excluding hydrogens is 404 g/mol. The Labute approximate surface area is 174 Å². The maximum atomic E-state index is 13.1. The number of pyridine rings is 1. The molecule has 1 saturated heterocycles. The average molecular weight is 427 g/mol. The number of hydrogen-bond acceptors (Lipinski definition) is 6. The van der Waals surface area contributed by atoms with Gasteiger partial charge >= 0.3 is 0 Å². The number of nitrogens with zero attached hydrogens (tertiary/aromatic N) is 5. The van der Waals surface area contributed by atoms with Crippen molar-refractivity contribution in [3.8, 4) is 5.82 Å². The molecule has 0 bridgehead atoms. The molecule has 0 radical (unpaired) electrons. The van der Waals surface area contributed by atoms with Crippen LogP contribution in [0, 0.1) is 0 Å². The van der Waals surface area contributed by atoms with Gasteiger partial charge in [0.2, 0.25) is 15.9 Å². The van der Waals surface area contributed by atoms with Crippen molar-refractivity contribution < 1.29 is 13.2 Å². The summed E-state index contributed by atoms with van der Waals surface area (Å²) in [5, 5.41) is 6.96. The van der Waals surface area contributed by atoms with E-state index in [0.717, 1.165) is 18.4 Å². The van der Waals surface area contributed by atoms with Crippen molar-refractivity contribution in [1.29, 1.82) is 0 Å². The number of carbonyl (C=O) groups excluding carboxylic acids is 1. The van der Waals surface area contributed by atoms with Crippen molar-refractivity contribution in [3.05, 3.63) is 66.9 Å². The van der Waals surface area contributed by atoms with Crippen LogP contribution in [0.25, 0.3) is 5.82 Å². The van der Waals surface area contributed by atoms with E-state index in [-0.39, 0.29) is 17.3 Å². The second-order valence-corrected chi connectivity index (χ2v) is 8.87. The Morgan fingerprint density at radius 3 is 2.73 bits per heavy atom. The molecule has 1 amide bonds. The molecule has 1 N–H and O–H groups in total. The first-order valence-corrected chi connectivity index (χ1v) is 11.1. The summed E-state index contributed by atoms with van der Waals surface area (Å²) in [7, 11) is -3.75. The quantitative estimate of drug-likeness (QED) is 0.640. The van der Waals surface area contributed by atoms with Crippen molar-refractivity contribution in [2.75, 3.05) is 6.54 Å². The van der Waals surface area contributed by atoms with Gasteiger partial charge in [-0.1, -0.05) is 30.7 Å². The third kappa shape index (κ3) is 4.10. The number of hydrogen-bond donors (Lipinski definition) is 1. The largest absolute Gasteiger partial charge is 0.350 e. The molecule has 1 aromatic carbocycles. The smallest absolute Gasteiger partial charge is 0.243 e. The van der Waals surface area contributed by atoms with E-state index >= 15 is 0 Å². The second kappa shape index (κ2) is 8.72. The van der Waals surface area contributed by atoms with Gasteiger partial charge in [0.25, 0.3) is 0 Å². The van der Waals surface area contributed by atoms with Crippen LogP contribution in [0.2, 0.25) is 0 Å². The normalized spacial score (nSPS) is 17.5. The fourth-order valence-corrected chi connectivity index (χ4v) is 5.25. The summed E-state index contributed by atoms with van der Waals surface area (Å²) < 4.78 is 29.1. The summed E-state index contributed by atoms with van der Waals surface area (Å²) in [6.45, 7) is 0.532. The lowest BCUT2D eigenvalue weighted by molar-refractivity contribution is -0.125. The Morgan fingerprint density at radius 1 is 1.13 bits per heavy atom. The topological polar surface area (TPSA) is 110 Å². The Hall–Kier alpha value is -3.11. The first-order chi connectivity index (χ1) is 14.6. The fourth-order valence-electron chi connectivity index (χ4n) is 3.57. The second-order valence-electron chi connectivity index (χ2n) is 6.98. The van der Waals surface area contributed by atoms with Gasteiger partial charge in [-0.25, -0.2) is 23.1 Å². The number of piperidine rings is 1. The van der Waals surface area contributed by atoms with Crippen molar-refractivity contribution in [2.45, 2.75) is 36.7 Å². The lowest BCUT2D eigenvalue weighted by atomic mass is 10.0. The number of benzene rings is 1. The Balaban J connectivity index is 1.52. The first kappa shape index (κ1) is 20.2.